The van der Waals surface area contributed by atoms with E-state index < -0.39 is 15.7 Å². The van der Waals surface area contributed by atoms with Crippen molar-refractivity contribution in [3.8, 4) is 5.69 Å². The molecule has 1 N–H and O–H groups in total. The van der Waals surface area contributed by atoms with Gasteiger partial charge in [0.1, 0.15) is 0 Å². The first-order valence-electron chi connectivity index (χ1n) is 8.22. The highest BCUT2D eigenvalue weighted by Gasteiger charge is 2.30. The molecule has 1 amide bonds. The second-order valence-electron chi connectivity index (χ2n) is 6.36. The molecule has 2 aromatic heterocycles. The number of carbonyl (C=O) groups excluding carboxylic acids is 1. The number of sulfone groups is 1. The maximum Gasteiger partial charge on any atom is 0.274 e. The Bertz CT molecular complexity index is 1100. The zero-order chi connectivity index (χ0) is 18.3. The van der Waals surface area contributed by atoms with Gasteiger partial charge in [-0.05, 0) is 37.6 Å². The van der Waals surface area contributed by atoms with Crippen LogP contribution in [0.3, 0.4) is 0 Å². The summed E-state index contributed by atoms with van der Waals surface area (Å²) in [6.45, 7) is 1.76. The Morgan fingerprint density at radius 1 is 1.27 bits per heavy atom. The Hall–Kier alpha value is -2.81. The predicted octanol–water partition coefficient (Wildman–Crippen LogP) is 1.04. The van der Waals surface area contributed by atoms with Crippen LogP contribution in [0.25, 0.3) is 16.6 Å². The third kappa shape index (κ3) is 2.94. The van der Waals surface area contributed by atoms with Crippen LogP contribution in [0, 0.1) is 6.92 Å². The molecule has 0 spiro atoms. The summed E-state index contributed by atoms with van der Waals surface area (Å²) in [7, 11) is -3.06. The first-order chi connectivity index (χ1) is 12.4. The van der Waals surface area contributed by atoms with Gasteiger partial charge in [0, 0.05) is 17.6 Å². The standard InChI is InChI=1S/C17H17N5O3S/c1-11-16(17(23)19-12-7-9-26(24,25)10-12)20-21-22(11)15-6-2-5-14-13(15)4-3-8-18-14/h2-6,8,12H,7,9-10H2,1H3,(H,19,23)/t12-/m1/s1. The van der Waals surface area contributed by atoms with Gasteiger partial charge in [-0.15, -0.1) is 5.10 Å². The number of fused-ring (bicyclic) bond motifs is 1. The molecule has 3 aromatic rings. The summed E-state index contributed by atoms with van der Waals surface area (Å²) >= 11 is 0. The zero-order valence-electron chi connectivity index (χ0n) is 14.1. The van der Waals surface area contributed by atoms with Gasteiger partial charge in [0.2, 0.25) is 0 Å². The van der Waals surface area contributed by atoms with Crippen molar-refractivity contribution in [1.29, 1.82) is 0 Å². The van der Waals surface area contributed by atoms with Crippen LogP contribution in [-0.4, -0.2) is 51.9 Å². The third-order valence-electron chi connectivity index (χ3n) is 4.53. The SMILES string of the molecule is Cc1c(C(=O)N[C@@H]2CCS(=O)(=O)C2)nnn1-c1cccc2ncccc12. The average Bonchev–Trinajstić information content (AvgIpc) is 3.16. The number of amides is 1. The van der Waals surface area contributed by atoms with Crippen LogP contribution in [-0.2, 0) is 9.84 Å². The molecule has 1 atom stereocenters. The number of rotatable bonds is 3. The lowest BCUT2D eigenvalue weighted by Crippen LogP contribution is -2.36. The minimum Gasteiger partial charge on any atom is -0.347 e. The lowest BCUT2D eigenvalue weighted by atomic mass is 10.1. The molecule has 1 aliphatic rings. The van der Waals surface area contributed by atoms with Crippen molar-refractivity contribution in [2.75, 3.05) is 11.5 Å². The minimum absolute atomic E-state index is 0.0269. The Labute approximate surface area is 150 Å². The van der Waals surface area contributed by atoms with Gasteiger partial charge >= 0.3 is 0 Å². The van der Waals surface area contributed by atoms with Crippen LogP contribution in [0.15, 0.2) is 36.5 Å². The van der Waals surface area contributed by atoms with E-state index >= 15 is 0 Å². The summed E-state index contributed by atoms with van der Waals surface area (Å²) in [5, 5.41) is 11.8. The number of hydrogen-bond donors (Lipinski definition) is 1. The number of pyridine rings is 1. The third-order valence-corrected chi connectivity index (χ3v) is 6.30. The quantitative estimate of drug-likeness (QED) is 0.737. The second kappa shape index (κ2) is 6.17. The highest BCUT2D eigenvalue weighted by molar-refractivity contribution is 7.91. The molecule has 1 aromatic carbocycles. The Morgan fingerprint density at radius 2 is 2.12 bits per heavy atom. The van der Waals surface area contributed by atoms with Crippen LogP contribution in [0.5, 0.6) is 0 Å². The number of nitrogens with one attached hydrogen (secondary N) is 1. The van der Waals surface area contributed by atoms with Crippen molar-refractivity contribution in [2.24, 2.45) is 0 Å². The van der Waals surface area contributed by atoms with Crippen molar-refractivity contribution in [3.63, 3.8) is 0 Å². The van der Waals surface area contributed by atoms with Crippen molar-refractivity contribution in [1.82, 2.24) is 25.3 Å². The van der Waals surface area contributed by atoms with Crippen LogP contribution in [0.2, 0.25) is 0 Å². The topological polar surface area (TPSA) is 107 Å². The summed E-state index contributed by atoms with van der Waals surface area (Å²) < 4.78 is 24.7. The smallest absolute Gasteiger partial charge is 0.274 e. The fourth-order valence-electron chi connectivity index (χ4n) is 3.20. The van der Waals surface area contributed by atoms with Crippen molar-refractivity contribution in [2.45, 2.75) is 19.4 Å². The van der Waals surface area contributed by atoms with Gasteiger partial charge in [-0.3, -0.25) is 9.78 Å². The molecule has 9 heteroatoms. The predicted molar refractivity (Wildman–Crippen MR) is 95.9 cm³/mol. The zero-order valence-corrected chi connectivity index (χ0v) is 14.9. The lowest BCUT2D eigenvalue weighted by molar-refractivity contribution is 0.0935. The highest BCUT2D eigenvalue weighted by Crippen LogP contribution is 2.22. The molecule has 4 rings (SSSR count). The maximum atomic E-state index is 12.5. The minimum atomic E-state index is -3.06. The summed E-state index contributed by atoms with van der Waals surface area (Å²) in [5.41, 5.74) is 2.38. The van der Waals surface area contributed by atoms with Crippen molar-refractivity contribution < 1.29 is 13.2 Å². The number of aromatic nitrogens is 4. The summed E-state index contributed by atoms with van der Waals surface area (Å²) in [4.78, 5) is 16.8. The number of nitrogens with zero attached hydrogens (tertiary/aromatic N) is 4. The largest absolute Gasteiger partial charge is 0.347 e. The lowest BCUT2D eigenvalue weighted by Gasteiger charge is -2.10. The molecule has 1 fully saturated rings. The number of benzene rings is 1. The van der Waals surface area contributed by atoms with E-state index in [4.69, 9.17) is 0 Å². The molecule has 1 aliphatic heterocycles. The van der Waals surface area contributed by atoms with Gasteiger partial charge in [-0.1, -0.05) is 11.3 Å². The van der Waals surface area contributed by atoms with E-state index in [-0.39, 0.29) is 23.2 Å². The fourth-order valence-corrected chi connectivity index (χ4v) is 4.88. The summed E-state index contributed by atoms with van der Waals surface area (Å²) in [6, 6.07) is 9.05. The summed E-state index contributed by atoms with van der Waals surface area (Å²) in [6.07, 6.45) is 2.14. The monoisotopic (exact) mass is 371 g/mol. The van der Waals surface area contributed by atoms with E-state index in [1.165, 1.54) is 0 Å². The first kappa shape index (κ1) is 16.6. The van der Waals surface area contributed by atoms with Gasteiger partial charge in [0.15, 0.2) is 15.5 Å². The van der Waals surface area contributed by atoms with E-state index in [9.17, 15) is 13.2 Å². The Balaban J connectivity index is 1.65. The number of hydrogen-bond acceptors (Lipinski definition) is 6. The van der Waals surface area contributed by atoms with Crippen molar-refractivity contribution >= 4 is 26.6 Å². The van der Waals surface area contributed by atoms with Gasteiger partial charge in [-0.2, -0.15) is 0 Å². The molecule has 1 saturated heterocycles. The molecular weight excluding hydrogens is 354 g/mol. The van der Waals surface area contributed by atoms with Gasteiger partial charge in [0.25, 0.3) is 5.91 Å². The molecule has 134 valence electrons. The van der Waals surface area contributed by atoms with Crippen LogP contribution in [0.4, 0.5) is 0 Å². The molecule has 0 unspecified atom stereocenters. The summed E-state index contributed by atoms with van der Waals surface area (Å²) in [5.74, 6) is -0.331. The Morgan fingerprint density at radius 3 is 2.88 bits per heavy atom. The van der Waals surface area contributed by atoms with E-state index in [1.54, 1.807) is 17.8 Å². The maximum absolute atomic E-state index is 12.5. The van der Waals surface area contributed by atoms with Crippen LogP contribution < -0.4 is 5.32 Å². The van der Waals surface area contributed by atoms with E-state index in [0.29, 0.717) is 12.1 Å². The van der Waals surface area contributed by atoms with Gasteiger partial charge in [0.05, 0.1) is 28.4 Å². The normalized spacial score (nSPS) is 18.9. The van der Waals surface area contributed by atoms with E-state index in [1.807, 2.05) is 30.3 Å². The second-order valence-corrected chi connectivity index (χ2v) is 8.58. The molecular formula is C17H17N5O3S. The van der Waals surface area contributed by atoms with Gasteiger partial charge in [-0.25, -0.2) is 13.1 Å². The van der Waals surface area contributed by atoms with Crippen molar-refractivity contribution in [3.05, 3.63) is 47.9 Å². The van der Waals surface area contributed by atoms with E-state index in [2.05, 4.69) is 20.6 Å². The highest BCUT2D eigenvalue weighted by atomic mass is 32.2. The average molecular weight is 371 g/mol. The molecule has 0 radical (unpaired) electrons. The molecule has 3 heterocycles. The number of carbonyl (C=O) groups is 1. The molecule has 26 heavy (non-hydrogen) atoms. The fraction of sp³-hybridized carbons (Fsp3) is 0.294. The molecule has 8 nitrogen and oxygen atoms in total. The van der Waals surface area contributed by atoms with Crippen LogP contribution in [0.1, 0.15) is 22.6 Å². The molecule has 0 saturated carbocycles. The van der Waals surface area contributed by atoms with Gasteiger partial charge < -0.3 is 5.32 Å². The molecule has 0 bridgehead atoms. The Kier molecular flexibility index (Phi) is 3.95. The molecule has 0 aliphatic carbocycles. The van der Waals surface area contributed by atoms with Crippen LogP contribution >= 0.6 is 0 Å². The first-order valence-corrected chi connectivity index (χ1v) is 10.0. The van der Waals surface area contributed by atoms with E-state index in [0.717, 1.165) is 16.6 Å².